The third-order valence-corrected chi connectivity index (χ3v) is 3.78. The van der Waals surface area contributed by atoms with Crippen molar-refractivity contribution < 1.29 is 4.79 Å². The highest BCUT2D eigenvalue weighted by Gasteiger charge is 2.21. The zero-order valence-corrected chi connectivity index (χ0v) is 15.4. The van der Waals surface area contributed by atoms with Crippen LogP contribution in [0.2, 0.25) is 0 Å². The quantitative estimate of drug-likeness (QED) is 0.905. The molecule has 0 spiro atoms. The average molecular weight is 333 g/mol. The molecule has 0 aliphatic carbocycles. The van der Waals surface area contributed by atoms with Gasteiger partial charge >= 0.3 is 0 Å². The molecular formula is C17H27N5O2. The molecule has 2 rings (SSSR count). The fourth-order valence-corrected chi connectivity index (χ4v) is 2.48. The van der Waals surface area contributed by atoms with Gasteiger partial charge in [-0.05, 0) is 33.6 Å². The van der Waals surface area contributed by atoms with Crippen molar-refractivity contribution in [2.75, 3.05) is 6.54 Å². The number of aromatic nitrogens is 4. The molecule has 0 aliphatic rings. The van der Waals surface area contributed by atoms with Crippen LogP contribution >= 0.6 is 0 Å². The SMILES string of the molecule is Cc1nc2c(cnn2C(C)(C)C)c(=O)n1CCC(=O)NCC(C)C. The van der Waals surface area contributed by atoms with Gasteiger partial charge in [-0.1, -0.05) is 13.8 Å². The molecule has 132 valence electrons. The summed E-state index contributed by atoms with van der Waals surface area (Å²) in [7, 11) is 0. The fourth-order valence-electron chi connectivity index (χ4n) is 2.48. The maximum absolute atomic E-state index is 12.7. The van der Waals surface area contributed by atoms with E-state index in [-0.39, 0.29) is 23.4 Å². The van der Waals surface area contributed by atoms with Crippen LogP contribution in [0.5, 0.6) is 0 Å². The molecule has 0 bridgehead atoms. The van der Waals surface area contributed by atoms with Crippen molar-refractivity contribution >= 4 is 16.9 Å². The molecule has 0 atom stereocenters. The fraction of sp³-hybridized carbons (Fsp3) is 0.647. The number of nitrogens with one attached hydrogen (secondary N) is 1. The highest BCUT2D eigenvalue weighted by Crippen LogP contribution is 2.18. The molecule has 2 heterocycles. The van der Waals surface area contributed by atoms with Gasteiger partial charge in [-0.25, -0.2) is 9.67 Å². The van der Waals surface area contributed by atoms with Crippen LogP contribution in [-0.2, 0) is 16.9 Å². The van der Waals surface area contributed by atoms with Crippen LogP contribution in [0.15, 0.2) is 11.0 Å². The van der Waals surface area contributed by atoms with E-state index in [2.05, 4.69) is 15.4 Å². The van der Waals surface area contributed by atoms with Gasteiger partial charge in [-0.2, -0.15) is 5.10 Å². The summed E-state index contributed by atoms with van der Waals surface area (Å²) >= 11 is 0. The van der Waals surface area contributed by atoms with E-state index < -0.39 is 0 Å². The predicted octanol–water partition coefficient (Wildman–Crippen LogP) is 1.82. The van der Waals surface area contributed by atoms with Crippen molar-refractivity contribution in [1.82, 2.24) is 24.6 Å². The van der Waals surface area contributed by atoms with Crippen molar-refractivity contribution in [3.8, 4) is 0 Å². The smallest absolute Gasteiger partial charge is 0.264 e. The third kappa shape index (κ3) is 3.83. The van der Waals surface area contributed by atoms with Crippen molar-refractivity contribution in [3.05, 3.63) is 22.4 Å². The molecule has 2 aromatic rings. The predicted molar refractivity (Wildman–Crippen MR) is 94.0 cm³/mol. The number of rotatable bonds is 5. The molecule has 0 aliphatic heterocycles. The summed E-state index contributed by atoms with van der Waals surface area (Å²) < 4.78 is 3.31. The van der Waals surface area contributed by atoms with Gasteiger partial charge in [-0.3, -0.25) is 14.2 Å². The Hall–Kier alpha value is -2.18. The maximum Gasteiger partial charge on any atom is 0.264 e. The first-order chi connectivity index (χ1) is 11.1. The van der Waals surface area contributed by atoms with Crippen LogP contribution in [0.3, 0.4) is 0 Å². The first-order valence-corrected chi connectivity index (χ1v) is 8.33. The minimum atomic E-state index is -0.253. The number of aryl methyl sites for hydroxylation is 1. The molecule has 0 unspecified atom stereocenters. The van der Waals surface area contributed by atoms with Crippen LogP contribution in [-0.4, -0.2) is 31.8 Å². The summed E-state index contributed by atoms with van der Waals surface area (Å²) in [5, 5.41) is 7.66. The Morgan fingerprint density at radius 3 is 2.58 bits per heavy atom. The van der Waals surface area contributed by atoms with E-state index in [4.69, 9.17) is 0 Å². The van der Waals surface area contributed by atoms with E-state index >= 15 is 0 Å². The first kappa shape index (κ1) is 18.2. The zero-order chi connectivity index (χ0) is 18.1. The molecule has 24 heavy (non-hydrogen) atoms. The molecule has 2 aromatic heterocycles. The molecule has 0 saturated heterocycles. The van der Waals surface area contributed by atoms with E-state index in [1.54, 1.807) is 22.4 Å². The highest BCUT2D eigenvalue weighted by atomic mass is 16.1. The summed E-state index contributed by atoms with van der Waals surface area (Å²) in [4.78, 5) is 29.1. The number of carbonyl (C=O) groups excluding carboxylic acids is 1. The van der Waals surface area contributed by atoms with Gasteiger partial charge in [0.1, 0.15) is 11.2 Å². The molecule has 1 amide bonds. The average Bonchev–Trinajstić information content (AvgIpc) is 2.88. The molecule has 0 fully saturated rings. The Labute approximate surface area is 142 Å². The molecule has 0 saturated carbocycles. The minimum absolute atomic E-state index is 0.0551. The topological polar surface area (TPSA) is 81.8 Å². The van der Waals surface area contributed by atoms with Crippen LogP contribution in [0.1, 0.15) is 46.9 Å². The lowest BCUT2D eigenvalue weighted by Crippen LogP contribution is -2.31. The van der Waals surface area contributed by atoms with E-state index in [0.29, 0.717) is 35.9 Å². The lowest BCUT2D eigenvalue weighted by atomic mass is 10.1. The second-order valence-electron chi connectivity index (χ2n) is 7.53. The molecular weight excluding hydrogens is 306 g/mol. The Bertz CT molecular complexity index is 796. The highest BCUT2D eigenvalue weighted by molar-refractivity contribution is 5.76. The van der Waals surface area contributed by atoms with Crippen LogP contribution in [0.25, 0.3) is 11.0 Å². The second-order valence-corrected chi connectivity index (χ2v) is 7.53. The lowest BCUT2D eigenvalue weighted by molar-refractivity contribution is -0.121. The van der Waals surface area contributed by atoms with Crippen LogP contribution in [0.4, 0.5) is 0 Å². The second kappa shape index (κ2) is 6.75. The summed E-state index contributed by atoms with van der Waals surface area (Å²) in [6, 6.07) is 0. The summed E-state index contributed by atoms with van der Waals surface area (Å²) in [5.74, 6) is 0.940. The van der Waals surface area contributed by atoms with Crippen LogP contribution < -0.4 is 10.9 Å². The van der Waals surface area contributed by atoms with Gasteiger partial charge in [0, 0.05) is 19.5 Å². The number of hydrogen-bond donors (Lipinski definition) is 1. The van der Waals surface area contributed by atoms with Gasteiger partial charge in [0.25, 0.3) is 5.56 Å². The lowest BCUT2D eigenvalue weighted by Gasteiger charge is -2.20. The van der Waals surface area contributed by atoms with E-state index in [1.165, 1.54) is 0 Å². The van der Waals surface area contributed by atoms with Crippen molar-refractivity contribution in [2.24, 2.45) is 5.92 Å². The third-order valence-electron chi connectivity index (χ3n) is 3.78. The van der Waals surface area contributed by atoms with Crippen LogP contribution in [0, 0.1) is 12.8 Å². The van der Waals surface area contributed by atoms with E-state index in [9.17, 15) is 9.59 Å². The summed E-state index contributed by atoms with van der Waals surface area (Å²) in [6.45, 7) is 12.9. The monoisotopic (exact) mass is 333 g/mol. The number of fused-ring (bicyclic) bond motifs is 1. The van der Waals surface area contributed by atoms with Gasteiger partial charge in [-0.15, -0.1) is 0 Å². The zero-order valence-electron chi connectivity index (χ0n) is 15.4. The van der Waals surface area contributed by atoms with Gasteiger partial charge in [0.2, 0.25) is 5.91 Å². The van der Waals surface area contributed by atoms with Gasteiger partial charge < -0.3 is 5.32 Å². The molecule has 0 radical (unpaired) electrons. The van der Waals surface area contributed by atoms with Crippen molar-refractivity contribution in [1.29, 1.82) is 0 Å². The van der Waals surface area contributed by atoms with Crippen molar-refractivity contribution in [2.45, 2.75) is 60.0 Å². The molecule has 7 nitrogen and oxygen atoms in total. The first-order valence-electron chi connectivity index (χ1n) is 8.33. The summed E-state index contributed by atoms with van der Waals surface area (Å²) in [5.41, 5.74) is 0.187. The Morgan fingerprint density at radius 2 is 2.00 bits per heavy atom. The number of amides is 1. The largest absolute Gasteiger partial charge is 0.356 e. The van der Waals surface area contributed by atoms with Crippen molar-refractivity contribution in [3.63, 3.8) is 0 Å². The van der Waals surface area contributed by atoms with E-state index in [0.717, 1.165) is 0 Å². The Balaban J connectivity index is 2.27. The number of hydrogen-bond acceptors (Lipinski definition) is 4. The minimum Gasteiger partial charge on any atom is -0.356 e. The number of carbonyl (C=O) groups is 1. The normalized spacial score (nSPS) is 12.1. The molecule has 1 N–H and O–H groups in total. The molecule has 7 heteroatoms. The maximum atomic E-state index is 12.7. The number of nitrogens with zero attached hydrogens (tertiary/aromatic N) is 4. The molecule has 0 aromatic carbocycles. The Kier molecular flexibility index (Phi) is 5.11. The van der Waals surface area contributed by atoms with Gasteiger partial charge in [0.15, 0.2) is 5.65 Å². The standard InChI is InChI=1S/C17H27N5O2/c1-11(2)9-18-14(23)7-8-21-12(3)20-15-13(16(21)24)10-19-22(15)17(4,5)6/h10-11H,7-9H2,1-6H3,(H,18,23). The van der Waals surface area contributed by atoms with E-state index in [1.807, 2.05) is 34.6 Å². The summed E-state index contributed by atoms with van der Waals surface area (Å²) in [6.07, 6.45) is 1.82. The Morgan fingerprint density at radius 1 is 1.33 bits per heavy atom. The van der Waals surface area contributed by atoms with Gasteiger partial charge in [0.05, 0.1) is 11.7 Å².